The molecule has 2 N–H and O–H groups in total. The minimum atomic E-state index is -0.160. The van der Waals surface area contributed by atoms with Crippen molar-refractivity contribution in [3.63, 3.8) is 0 Å². The van der Waals surface area contributed by atoms with Crippen LogP contribution in [0.1, 0.15) is 32.3 Å². The van der Waals surface area contributed by atoms with Crippen LogP contribution in [-0.4, -0.2) is 24.5 Å². The number of nitrogens with two attached hydrogens (primary N) is 1. The number of nitrogens with zero attached hydrogens (tertiary/aromatic N) is 1. The van der Waals surface area contributed by atoms with E-state index in [0.29, 0.717) is 17.9 Å². The van der Waals surface area contributed by atoms with Gasteiger partial charge in [0.1, 0.15) is 5.82 Å². The second-order valence-corrected chi connectivity index (χ2v) is 6.71. The highest BCUT2D eigenvalue weighted by Crippen LogP contribution is 2.33. The van der Waals surface area contributed by atoms with Gasteiger partial charge in [0.15, 0.2) is 0 Å². The molecule has 2 rings (SSSR count). The maximum absolute atomic E-state index is 13.2. The lowest BCUT2D eigenvalue weighted by atomic mass is 9.72. The summed E-state index contributed by atoms with van der Waals surface area (Å²) < 4.78 is 13.2. The van der Waals surface area contributed by atoms with Gasteiger partial charge in [-0.2, -0.15) is 0 Å². The van der Waals surface area contributed by atoms with Crippen LogP contribution in [0, 0.1) is 23.6 Å². The van der Waals surface area contributed by atoms with Crippen LogP contribution in [0.3, 0.4) is 0 Å². The Morgan fingerprint density at radius 3 is 2.70 bits per heavy atom. The molecule has 0 aliphatic heterocycles. The number of halogens is 1. The SMILES string of the molecule is CC1CC(C)C(CN(C)Cc2cccc(F)c2)C(N)C1. The van der Waals surface area contributed by atoms with Gasteiger partial charge in [-0.05, 0) is 55.3 Å². The van der Waals surface area contributed by atoms with Crippen LogP contribution in [0.4, 0.5) is 4.39 Å². The van der Waals surface area contributed by atoms with Crippen molar-refractivity contribution in [3.05, 3.63) is 35.6 Å². The van der Waals surface area contributed by atoms with Gasteiger partial charge in [-0.1, -0.05) is 26.0 Å². The molecule has 0 bridgehead atoms. The quantitative estimate of drug-likeness (QED) is 0.916. The molecular formula is C17H27FN2. The van der Waals surface area contributed by atoms with Gasteiger partial charge in [-0.3, -0.25) is 0 Å². The zero-order valence-corrected chi connectivity index (χ0v) is 12.8. The Morgan fingerprint density at radius 2 is 2.05 bits per heavy atom. The molecule has 4 atom stereocenters. The first kappa shape index (κ1) is 15.5. The van der Waals surface area contributed by atoms with Crippen molar-refractivity contribution in [2.24, 2.45) is 23.5 Å². The topological polar surface area (TPSA) is 29.3 Å². The van der Waals surface area contributed by atoms with Gasteiger partial charge >= 0.3 is 0 Å². The molecule has 1 saturated carbocycles. The zero-order chi connectivity index (χ0) is 14.7. The predicted octanol–water partition coefficient (Wildman–Crippen LogP) is 3.27. The van der Waals surface area contributed by atoms with E-state index in [9.17, 15) is 4.39 Å². The van der Waals surface area contributed by atoms with Crippen LogP contribution >= 0.6 is 0 Å². The normalized spacial score (nSPS) is 30.7. The van der Waals surface area contributed by atoms with E-state index in [2.05, 4.69) is 25.8 Å². The van der Waals surface area contributed by atoms with E-state index in [1.807, 2.05) is 6.07 Å². The molecule has 0 radical (unpaired) electrons. The van der Waals surface area contributed by atoms with Crippen molar-refractivity contribution in [1.29, 1.82) is 0 Å². The third-order valence-corrected chi connectivity index (χ3v) is 4.59. The number of hydrogen-bond donors (Lipinski definition) is 1. The van der Waals surface area contributed by atoms with Crippen LogP contribution in [0.5, 0.6) is 0 Å². The number of benzene rings is 1. The molecule has 0 amide bonds. The molecule has 4 unspecified atom stereocenters. The van der Waals surface area contributed by atoms with Crippen LogP contribution in [-0.2, 0) is 6.54 Å². The van der Waals surface area contributed by atoms with Gasteiger partial charge in [-0.25, -0.2) is 4.39 Å². The highest BCUT2D eigenvalue weighted by atomic mass is 19.1. The summed E-state index contributed by atoms with van der Waals surface area (Å²) in [5, 5.41) is 0. The van der Waals surface area contributed by atoms with Crippen molar-refractivity contribution in [1.82, 2.24) is 4.90 Å². The third-order valence-electron chi connectivity index (χ3n) is 4.59. The van der Waals surface area contributed by atoms with Gasteiger partial charge < -0.3 is 10.6 Å². The Bertz CT molecular complexity index is 423. The monoisotopic (exact) mass is 278 g/mol. The largest absolute Gasteiger partial charge is 0.327 e. The van der Waals surface area contributed by atoms with Crippen molar-refractivity contribution in [3.8, 4) is 0 Å². The van der Waals surface area contributed by atoms with Crippen LogP contribution < -0.4 is 5.73 Å². The summed E-state index contributed by atoms with van der Waals surface area (Å²) in [5.74, 6) is 1.80. The molecule has 2 nitrogen and oxygen atoms in total. The standard InChI is InChI=1S/C17H27FN2/c1-12-7-13(2)16(17(19)8-12)11-20(3)10-14-5-4-6-15(18)9-14/h4-6,9,12-13,16-17H,7-8,10-11,19H2,1-3H3. The fourth-order valence-corrected chi connectivity index (χ4v) is 3.65. The Kier molecular flexibility index (Phi) is 5.17. The van der Waals surface area contributed by atoms with Gasteiger partial charge in [0.25, 0.3) is 0 Å². The first-order valence-corrected chi connectivity index (χ1v) is 7.64. The highest BCUT2D eigenvalue weighted by molar-refractivity contribution is 5.16. The minimum absolute atomic E-state index is 0.160. The average Bonchev–Trinajstić information content (AvgIpc) is 2.33. The lowest BCUT2D eigenvalue weighted by molar-refractivity contribution is 0.127. The molecule has 1 aliphatic carbocycles. The number of rotatable bonds is 4. The van der Waals surface area contributed by atoms with E-state index in [4.69, 9.17) is 5.73 Å². The Morgan fingerprint density at radius 1 is 1.30 bits per heavy atom. The van der Waals surface area contributed by atoms with E-state index < -0.39 is 0 Å². The smallest absolute Gasteiger partial charge is 0.123 e. The van der Waals surface area contributed by atoms with Gasteiger partial charge in [-0.15, -0.1) is 0 Å². The highest BCUT2D eigenvalue weighted by Gasteiger charge is 2.32. The van der Waals surface area contributed by atoms with E-state index >= 15 is 0 Å². The van der Waals surface area contributed by atoms with Gasteiger partial charge in [0.05, 0.1) is 0 Å². The predicted molar refractivity (Wildman–Crippen MR) is 81.8 cm³/mol. The molecule has 3 heteroatoms. The summed E-state index contributed by atoms with van der Waals surface area (Å²) in [6.45, 7) is 6.38. The Hall–Kier alpha value is -0.930. The minimum Gasteiger partial charge on any atom is -0.327 e. The second kappa shape index (κ2) is 6.68. The lowest BCUT2D eigenvalue weighted by Crippen LogP contribution is -2.45. The summed E-state index contributed by atoms with van der Waals surface area (Å²) in [5.41, 5.74) is 7.36. The average molecular weight is 278 g/mol. The molecule has 0 heterocycles. The summed E-state index contributed by atoms with van der Waals surface area (Å²) in [4.78, 5) is 2.27. The van der Waals surface area contributed by atoms with Crippen molar-refractivity contribution < 1.29 is 4.39 Å². The van der Waals surface area contributed by atoms with Gasteiger partial charge in [0, 0.05) is 19.1 Å². The first-order valence-electron chi connectivity index (χ1n) is 7.64. The summed E-state index contributed by atoms with van der Waals surface area (Å²) in [6, 6.07) is 7.15. The molecule has 1 aromatic carbocycles. The summed E-state index contributed by atoms with van der Waals surface area (Å²) in [6.07, 6.45) is 2.40. The van der Waals surface area contributed by atoms with Crippen LogP contribution in [0.25, 0.3) is 0 Å². The van der Waals surface area contributed by atoms with Gasteiger partial charge in [0.2, 0.25) is 0 Å². The van der Waals surface area contributed by atoms with E-state index in [-0.39, 0.29) is 5.82 Å². The molecule has 0 saturated heterocycles. The van der Waals surface area contributed by atoms with Crippen molar-refractivity contribution >= 4 is 0 Å². The lowest BCUT2D eigenvalue weighted by Gasteiger charge is -2.39. The molecule has 112 valence electrons. The van der Waals surface area contributed by atoms with Crippen LogP contribution in [0.2, 0.25) is 0 Å². The molecule has 1 aliphatic rings. The van der Waals surface area contributed by atoms with E-state index in [1.165, 1.54) is 12.5 Å². The zero-order valence-electron chi connectivity index (χ0n) is 12.8. The molecule has 20 heavy (non-hydrogen) atoms. The molecular weight excluding hydrogens is 251 g/mol. The third kappa shape index (κ3) is 4.03. The fourth-order valence-electron chi connectivity index (χ4n) is 3.65. The first-order chi connectivity index (χ1) is 9.45. The maximum Gasteiger partial charge on any atom is 0.123 e. The van der Waals surface area contributed by atoms with Crippen molar-refractivity contribution in [2.45, 2.75) is 39.3 Å². The summed E-state index contributed by atoms with van der Waals surface area (Å²) in [7, 11) is 2.10. The molecule has 0 spiro atoms. The summed E-state index contributed by atoms with van der Waals surface area (Å²) >= 11 is 0. The van der Waals surface area contributed by atoms with Crippen LogP contribution in [0.15, 0.2) is 24.3 Å². The van der Waals surface area contributed by atoms with Crippen molar-refractivity contribution in [2.75, 3.05) is 13.6 Å². The molecule has 0 aromatic heterocycles. The fraction of sp³-hybridized carbons (Fsp3) is 0.647. The molecule has 1 aromatic rings. The maximum atomic E-state index is 13.2. The van der Waals surface area contributed by atoms with E-state index in [1.54, 1.807) is 12.1 Å². The van der Waals surface area contributed by atoms with E-state index in [0.717, 1.165) is 31.0 Å². The second-order valence-electron chi connectivity index (χ2n) is 6.71. The molecule has 1 fully saturated rings. The number of hydrogen-bond acceptors (Lipinski definition) is 2. The Labute approximate surface area is 122 Å². The Balaban J connectivity index is 1.92.